The summed E-state index contributed by atoms with van der Waals surface area (Å²) in [6, 6.07) is 14.1. The third-order valence-electron chi connectivity index (χ3n) is 5.70. The van der Waals surface area contributed by atoms with Gasteiger partial charge in [-0.05, 0) is 50.1 Å². The lowest BCUT2D eigenvalue weighted by molar-refractivity contribution is -0.117. The molecule has 0 aliphatic carbocycles. The van der Waals surface area contributed by atoms with Gasteiger partial charge in [0.15, 0.2) is 11.5 Å². The molecule has 3 N–H and O–H groups in total. The van der Waals surface area contributed by atoms with Crippen molar-refractivity contribution in [3.63, 3.8) is 0 Å². The Kier molecular flexibility index (Phi) is 5.14. The van der Waals surface area contributed by atoms with Crippen LogP contribution >= 0.6 is 0 Å². The van der Waals surface area contributed by atoms with Gasteiger partial charge in [0.1, 0.15) is 11.9 Å². The Bertz CT molecular complexity index is 1290. The van der Waals surface area contributed by atoms with Crippen LogP contribution in [0.3, 0.4) is 0 Å². The highest BCUT2D eigenvalue weighted by molar-refractivity contribution is 6.07. The topological polar surface area (TPSA) is 118 Å². The Morgan fingerprint density at radius 2 is 1.88 bits per heavy atom. The lowest BCUT2D eigenvalue weighted by Crippen LogP contribution is -2.41. The first-order chi connectivity index (χ1) is 15.6. The van der Waals surface area contributed by atoms with Gasteiger partial charge < -0.3 is 15.2 Å². The van der Waals surface area contributed by atoms with Crippen LogP contribution in [0.2, 0.25) is 0 Å². The van der Waals surface area contributed by atoms with Crippen LogP contribution in [0, 0.1) is 0 Å². The van der Waals surface area contributed by atoms with E-state index in [9.17, 15) is 9.59 Å². The number of anilines is 1. The van der Waals surface area contributed by atoms with E-state index in [2.05, 4.69) is 35.6 Å². The molecule has 3 heterocycles. The minimum absolute atomic E-state index is 0.265. The molecule has 9 heteroatoms. The number of nitrogens with zero attached hydrogens (tertiary/aromatic N) is 4. The molecule has 9 nitrogen and oxygen atoms in total. The Labute approximate surface area is 184 Å². The van der Waals surface area contributed by atoms with Gasteiger partial charge in [-0.3, -0.25) is 14.7 Å². The van der Waals surface area contributed by atoms with Crippen molar-refractivity contribution in [2.75, 3.05) is 5.32 Å². The van der Waals surface area contributed by atoms with Crippen LogP contribution in [0.5, 0.6) is 0 Å². The standard InChI is InChI=1S/C23H23N7O2/c1-14(24-23(32)20-17-6-2-3-7-18(17)26-28-20)22(31)25-16-11-9-15(10-12-16)21-29-27-19-8-4-5-13-30(19)21/h2-3,6-7,9-12,14H,4-5,8,13H2,1H3,(H,24,32)(H,25,31)(H,26,28). The lowest BCUT2D eigenvalue weighted by Gasteiger charge is -2.15. The Morgan fingerprint density at radius 3 is 2.72 bits per heavy atom. The molecule has 1 unspecified atom stereocenters. The summed E-state index contributed by atoms with van der Waals surface area (Å²) in [7, 11) is 0. The number of aryl methyl sites for hydroxylation is 1. The van der Waals surface area contributed by atoms with Crippen LogP contribution in [0.1, 0.15) is 36.1 Å². The zero-order valence-corrected chi connectivity index (χ0v) is 17.6. The van der Waals surface area contributed by atoms with Crippen LogP contribution in [0.15, 0.2) is 48.5 Å². The highest BCUT2D eigenvalue weighted by atomic mass is 16.2. The molecule has 0 saturated carbocycles. The number of hydrogen-bond donors (Lipinski definition) is 3. The van der Waals surface area contributed by atoms with Crippen molar-refractivity contribution in [2.45, 2.75) is 38.8 Å². The van der Waals surface area contributed by atoms with Crippen molar-refractivity contribution in [1.29, 1.82) is 0 Å². The van der Waals surface area contributed by atoms with Crippen molar-refractivity contribution in [3.8, 4) is 11.4 Å². The first kappa shape index (κ1) is 19.9. The van der Waals surface area contributed by atoms with Crippen molar-refractivity contribution in [3.05, 3.63) is 60.0 Å². The second-order valence-corrected chi connectivity index (χ2v) is 7.93. The molecule has 1 aliphatic heterocycles. The summed E-state index contributed by atoms with van der Waals surface area (Å²) in [5, 5.41) is 21.8. The third-order valence-corrected chi connectivity index (χ3v) is 5.70. The zero-order valence-electron chi connectivity index (χ0n) is 17.6. The molecule has 4 aromatic rings. The summed E-state index contributed by atoms with van der Waals surface area (Å²) >= 11 is 0. The summed E-state index contributed by atoms with van der Waals surface area (Å²) in [6.45, 7) is 2.57. The van der Waals surface area contributed by atoms with E-state index < -0.39 is 11.9 Å². The molecule has 0 fully saturated rings. The number of hydrogen-bond acceptors (Lipinski definition) is 5. The van der Waals surface area contributed by atoms with Gasteiger partial charge in [-0.1, -0.05) is 18.2 Å². The molecule has 0 radical (unpaired) electrons. The maximum absolute atomic E-state index is 12.6. The molecule has 5 rings (SSSR count). The van der Waals surface area contributed by atoms with Crippen LogP contribution in [0.4, 0.5) is 5.69 Å². The van der Waals surface area contributed by atoms with Crippen LogP contribution in [-0.2, 0) is 17.8 Å². The minimum atomic E-state index is -0.735. The number of para-hydroxylation sites is 1. The molecular formula is C23H23N7O2. The minimum Gasteiger partial charge on any atom is -0.339 e. The second-order valence-electron chi connectivity index (χ2n) is 7.93. The van der Waals surface area contributed by atoms with Crippen LogP contribution in [-0.4, -0.2) is 42.8 Å². The molecule has 1 aliphatic rings. The molecular weight excluding hydrogens is 406 g/mol. The van der Waals surface area contributed by atoms with E-state index in [0.717, 1.165) is 48.5 Å². The Hall–Kier alpha value is -4.01. The number of H-pyrrole nitrogens is 1. The fourth-order valence-corrected chi connectivity index (χ4v) is 3.94. The van der Waals surface area contributed by atoms with E-state index in [1.54, 1.807) is 6.92 Å². The second kappa shape index (κ2) is 8.26. The van der Waals surface area contributed by atoms with E-state index in [0.29, 0.717) is 11.1 Å². The van der Waals surface area contributed by atoms with Gasteiger partial charge in [0.25, 0.3) is 5.91 Å². The maximum atomic E-state index is 12.6. The number of fused-ring (bicyclic) bond motifs is 2. The molecule has 2 aromatic carbocycles. The van der Waals surface area contributed by atoms with E-state index >= 15 is 0 Å². The molecule has 162 valence electrons. The van der Waals surface area contributed by atoms with Gasteiger partial charge in [-0.2, -0.15) is 5.10 Å². The van der Waals surface area contributed by atoms with Crippen molar-refractivity contribution < 1.29 is 9.59 Å². The lowest BCUT2D eigenvalue weighted by atomic mass is 10.1. The fourth-order valence-electron chi connectivity index (χ4n) is 3.94. The quantitative estimate of drug-likeness (QED) is 0.451. The predicted molar refractivity (Wildman–Crippen MR) is 120 cm³/mol. The number of carbonyl (C=O) groups is 2. The number of nitrogens with one attached hydrogen (secondary N) is 3. The number of benzene rings is 2. The molecule has 32 heavy (non-hydrogen) atoms. The van der Waals surface area contributed by atoms with Crippen molar-refractivity contribution >= 4 is 28.4 Å². The molecule has 0 spiro atoms. The SMILES string of the molecule is CC(NC(=O)c1n[nH]c2ccccc12)C(=O)Nc1ccc(-c2nnc3n2CCCC3)cc1. The highest BCUT2D eigenvalue weighted by Gasteiger charge is 2.21. The van der Waals surface area contributed by atoms with Gasteiger partial charge >= 0.3 is 0 Å². The molecule has 2 amide bonds. The molecule has 2 aromatic heterocycles. The Morgan fingerprint density at radius 1 is 1.06 bits per heavy atom. The van der Waals surface area contributed by atoms with Crippen LogP contribution in [0.25, 0.3) is 22.3 Å². The maximum Gasteiger partial charge on any atom is 0.273 e. The van der Waals surface area contributed by atoms with Gasteiger partial charge in [-0.25, -0.2) is 0 Å². The smallest absolute Gasteiger partial charge is 0.273 e. The van der Waals surface area contributed by atoms with E-state index in [4.69, 9.17) is 0 Å². The number of aromatic amines is 1. The normalized spacial score (nSPS) is 14.0. The monoisotopic (exact) mass is 429 g/mol. The predicted octanol–water partition coefficient (Wildman–Crippen LogP) is 2.91. The highest BCUT2D eigenvalue weighted by Crippen LogP contribution is 2.24. The summed E-state index contributed by atoms with van der Waals surface area (Å²) in [4.78, 5) is 25.2. The summed E-state index contributed by atoms with van der Waals surface area (Å²) < 4.78 is 2.16. The van der Waals surface area contributed by atoms with Gasteiger partial charge in [0.05, 0.1) is 5.52 Å². The summed E-state index contributed by atoms with van der Waals surface area (Å²) in [5.74, 6) is 1.16. The van der Waals surface area contributed by atoms with E-state index in [1.165, 1.54) is 0 Å². The Balaban J connectivity index is 1.23. The van der Waals surface area contributed by atoms with Gasteiger partial charge in [0.2, 0.25) is 5.91 Å². The van der Waals surface area contributed by atoms with Gasteiger partial charge in [-0.15, -0.1) is 10.2 Å². The summed E-state index contributed by atoms with van der Waals surface area (Å²) in [5.41, 5.74) is 2.63. The number of aromatic nitrogens is 5. The van der Waals surface area contributed by atoms with Crippen molar-refractivity contribution in [2.24, 2.45) is 0 Å². The average Bonchev–Trinajstić information content (AvgIpc) is 3.44. The van der Waals surface area contributed by atoms with Gasteiger partial charge in [0, 0.05) is 29.6 Å². The molecule has 1 atom stereocenters. The molecule has 0 saturated heterocycles. The molecule has 0 bridgehead atoms. The fraction of sp³-hybridized carbons (Fsp3) is 0.261. The number of amides is 2. The van der Waals surface area contributed by atoms with E-state index in [1.807, 2.05) is 48.5 Å². The third kappa shape index (κ3) is 3.73. The van der Waals surface area contributed by atoms with Crippen LogP contribution < -0.4 is 10.6 Å². The average molecular weight is 429 g/mol. The first-order valence-corrected chi connectivity index (χ1v) is 10.7. The first-order valence-electron chi connectivity index (χ1n) is 10.7. The largest absolute Gasteiger partial charge is 0.339 e. The summed E-state index contributed by atoms with van der Waals surface area (Å²) in [6.07, 6.45) is 3.23. The number of rotatable bonds is 5. The van der Waals surface area contributed by atoms with Crippen molar-refractivity contribution in [1.82, 2.24) is 30.3 Å². The number of carbonyl (C=O) groups excluding carboxylic acids is 2. The van der Waals surface area contributed by atoms with E-state index in [-0.39, 0.29) is 11.6 Å². The zero-order chi connectivity index (χ0) is 22.1.